The fourth-order valence-corrected chi connectivity index (χ4v) is 3.90. The molecular weight excluding hydrogens is 478 g/mol. The highest BCUT2D eigenvalue weighted by Crippen LogP contribution is 2.26. The van der Waals surface area contributed by atoms with Gasteiger partial charge in [0.25, 0.3) is 5.91 Å². The molecule has 3 rings (SSSR count). The third-order valence-corrected chi connectivity index (χ3v) is 5.81. The standard InChI is InChI=1S/C23H26BrN3O5/c1-30-19-11-16(12-20(13-19)31-2)23(29)27-8-6-15(7-9-27)22(28)26-25-14-17-10-18(24)4-5-21(17)32-3/h4-5,10-15H,6-9H2,1-3H3,(H,26,28)/b25-14-. The molecule has 0 aromatic heterocycles. The quantitative estimate of drug-likeness (QED) is 0.461. The Bertz CT molecular complexity index is 981. The summed E-state index contributed by atoms with van der Waals surface area (Å²) in [4.78, 5) is 27.2. The molecule has 0 atom stereocenters. The molecule has 1 aliphatic heterocycles. The van der Waals surface area contributed by atoms with E-state index in [-0.39, 0.29) is 17.7 Å². The van der Waals surface area contributed by atoms with Crippen molar-refractivity contribution >= 4 is 34.0 Å². The first kappa shape index (κ1) is 23.6. The number of nitrogens with zero attached hydrogens (tertiary/aromatic N) is 2. The fraction of sp³-hybridized carbons (Fsp3) is 0.348. The van der Waals surface area contributed by atoms with Crippen molar-refractivity contribution in [2.45, 2.75) is 12.8 Å². The molecule has 1 heterocycles. The molecule has 9 heteroatoms. The van der Waals surface area contributed by atoms with E-state index in [9.17, 15) is 9.59 Å². The molecule has 1 saturated heterocycles. The number of methoxy groups -OCH3 is 3. The van der Waals surface area contributed by atoms with Crippen LogP contribution in [0.3, 0.4) is 0 Å². The van der Waals surface area contributed by atoms with E-state index in [0.29, 0.717) is 48.7 Å². The van der Waals surface area contributed by atoms with Gasteiger partial charge in [0, 0.05) is 40.7 Å². The van der Waals surface area contributed by atoms with Crippen LogP contribution in [0.2, 0.25) is 0 Å². The minimum atomic E-state index is -0.208. The van der Waals surface area contributed by atoms with E-state index in [2.05, 4.69) is 26.5 Å². The molecular formula is C23H26BrN3O5. The monoisotopic (exact) mass is 503 g/mol. The second-order valence-electron chi connectivity index (χ2n) is 7.29. The lowest BCUT2D eigenvalue weighted by Crippen LogP contribution is -2.42. The predicted molar refractivity (Wildman–Crippen MR) is 125 cm³/mol. The predicted octanol–water partition coefficient (Wildman–Crippen LogP) is 3.48. The van der Waals surface area contributed by atoms with Crippen LogP contribution in [0.4, 0.5) is 0 Å². The normalized spacial score (nSPS) is 14.3. The average molecular weight is 504 g/mol. The highest BCUT2D eigenvalue weighted by molar-refractivity contribution is 9.10. The maximum absolute atomic E-state index is 12.9. The van der Waals surface area contributed by atoms with Crippen molar-refractivity contribution in [2.75, 3.05) is 34.4 Å². The van der Waals surface area contributed by atoms with Crippen molar-refractivity contribution < 1.29 is 23.8 Å². The molecule has 0 unspecified atom stereocenters. The molecule has 1 fully saturated rings. The summed E-state index contributed by atoms with van der Waals surface area (Å²) in [5.41, 5.74) is 3.84. The number of benzene rings is 2. The van der Waals surface area contributed by atoms with Crippen LogP contribution in [0, 0.1) is 5.92 Å². The van der Waals surface area contributed by atoms with Crippen LogP contribution in [0.15, 0.2) is 46.0 Å². The van der Waals surface area contributed by atoms with Crippen LogP contribution in [-0.2, 0) is 4.79 Å². The zero-order chi connectivity index (χ0) is 23.1. The Kier molecular flexibility index (Phi) is 8.10. The molecule has 2 amide bonds. The van der Waals surface area contributed by atoms with Gasteiger partial charge >= 0.3 is 0 Å². The number of halogens is 1. The van der Waals surface area contributed by atoms with Gasteiger partial charge in [0.15, 0.2) is 0 Å². The SMILES string of the molecule is COc1cc(OC)cc(C(=O)N2CCC(C(=O)N/N=C\c3cc(Br)ccc3OC)CC2)c1. The molecule has 170 valence electrons. The zero-order valence-corrected chi connectivity index (χ0v) is 19.8. The van der Waals surface area contributed by atoms with Gasteiger partial charge in [-0.3, -0.25) is 9.59 Å². The average Bonchev–Trinajstić information content (AvgIpc) is 2.83. The summed E-state index contributed by atoms with van der Waals surface area (Å²) in [5.74, 6) is 1.29. The number of piperidine rings is 1. The van der Waals surface area contributed by atoms with Crippen LogP contribution in [0.1, 0.15) is 28.8 Å². The lowest BCUT2D eigenvalue weighted by Gasteiger charge is -2.31. The Labute approximate surface area is 195 Å². The number of hydrogen-bond acceptors (Lipinski definition) is 6. The van der Waals surface area contributed by atoms with E-state index in [4.69, 9.17) is 14.2 Å². The molecule has 0 aliphatic carbocycles. The van der Waals surface area contributed by atoms with E-state index in [0.717, 1.165) is 10.0 Å². The van der Waals surface area contributed by atoms with Crippen LogP contribution in [-0.4, -0.2) is 57.3 Å². The highest BCUT2D eigenvalue weighted by Gasteiger charge is 2.28. The number of carbonyl (C=O) groups is 2. The largest absolute Gasteiger partial charge is 0.497 e. The van der Waals surface area contributed by atoms with Crippen molar-refractivity contribution in [3.8, 4) is 17.2 Å². The number of hydrogen-bond donors (Lipinski definition) is 1. The van der Waals surface area contributed by atoms with Crippen LogP contribution >= 0.6 is 15.9 Å². The number of likely N-dealkylation sites (tertiary alicyclic amines) is 1. The van der Waals surface area contributed by atoms with Gasteiger partial charge in [0.1, 0.15) is 17.2 Å². The van der Waals surface area contributed by atoms with Gasteiger partial charge in [-0.05, 0) is 43.2 Å². The fourth-order valence-electron chi connectivity index (χ4n) is 3.52. The van der Waals surface area contributed by atoms with Gasteiger partial charge in [-0.25, -0.2) is 5.43 Å². The first-order chi connectivity index (χ1) is 15.4. The Morgan fingerprint density at radius 1 is 1.03 bits per heavy atom. The lowest BCUT2D eigenvalue weighted by atomic mass is 9.95. The van der Waals surface area contributed by atoms with E-state index >= 15 is 0 Å². The van der Waals surface area contributed by atoms with Gasteiger partial charge in [-0.1, -0.05) is 15.9 Å². The molecule has 0 saturated carbocycles. The van der Waals surface area contributed by atoms with E-state index in [1.807, 2.05) is 18.2 Å². The van der Waals surface area contributed by atoms with Gasteiger partial charge in [-0.15, -0.1) is 0 Å². The Morgan fingerprint density at radius 3 is 2.28 bits per heavy atom. The molecule has 2 aromatic rings. The zero-order valence-electron chi connectivity index (χ0n) is 18.3. The second kappa shape index (κ2) is 11.0. The number of ether oxygens (including phenoxy) is 3. The Morgan fingerprint density at radius 2 is 1.69 bits per heavy atom. The Balaban J connectivity index is 1.56. The minimum Gasteiger partial charge on any atom is -0.497 e. The first-order valence-corrected chi connectivity index (χ1v) is 10.9. The van der Waals surface area contributed by atoms with Crippen molar-refractivity contribution in [1.29, 1.82) is 0 Å². The van der Waals surface area contributed by atoms with Crippen LogP contribution in [0.5, 0.6) is 17.2 Å². The van der Waals surface area contributed by atoms with E-state index in [1.54, 1.807) is 50.6 Å². The molecule has 0 bridgehead atoms. The van der Waals surface area contributed by atoms with E-state index < -0.39 is 0 Å². The summed E-state index contributed by atoms with van der Waals surface area (Å²) >= 11 is 3.41. The summed E-state index contributed by atoms with van der Waals surface area (Å²) < 4.78 is 16.7. The summed E-state index contributed by atoms with van der Waals surface area (Å²) in [7, 11) is 4.67. The smallest absolute Gasteiger partial charge is 0.254 e. The molecule has 1 aliphatic rings. The number of carbonyl (C=O) groups excluding carboxylic acids is 2. The third kappa shape index (κ3) is 5.79. The van der Waals surface area contributed by atoms with Crippen LogP contribution < -0.4 is 19.6 Å². The highest BCUT2D eigenvalue weighted by atomic mass is 79.9. The number of amides is 2. The van der Waals surface area contributed by atoms with Crippen molar-refractivity contribution in [1.82, 2.24) is 10.3 Å². The van der Waals surface area contributed by atoms with Crippen molar-refractivity contribution in [2.24, 2.45) is 11.0 Å². The summed E-state index contributed by atoms with van der Waals surface area (Å²) in [6.45, 7) is 0.971. The Hall–Kier alpha value is -3.07. The summed E-state index contributed by atoms with van der Waals surface area (Å²) in [5, 5.41) is 4.07. The van der Waals surface area contributed by atoms with Crippen LogP contribution in [0.25, 0.3) is 0 Å². The molecule has 0 spiro atoms. The van der Waals surface area contributed by atoms with E-state index in [1.165, 1.54) is 0 Å². The maximum Gasteiger partial charge on any atom is 0.254 e. The number of rotatable bonds is 7. The first-order valence-electron chi connectivity index (χ1n) is 10.1. The van der Waals surface area contributed by atoms with Crippen molar-refractivity contribution in [3.05, 3.63) is 52.0 Å². The molecule has 0 radical (unpaired) electrons. The molecule has 2 aromatic carbocycles. The van der Waals surface area contributed by atoms with Gasteiger partial charge in [-0.2, -0.15) is 5.10 Å². The molecule has 8 nitrogen and oxygen atoms in total. The maximum atomic E-state index is 12.9. The third-order valence-electron chi connectivity index (χ3n) is 5.32. The number of hydrazone groups is 1. The molecule has 1 N–H and O–H groups in total. The van der Waals surface area contributed by atoms with Gasteiger partial charge in [0.05, 0.1) is 27.5 Å². The van der Waals surface area contributed by atoms with Gasteiger partial charge < -0.3 is 19.1 Å². The minimum absolute atomic E-state index is 0.110. The molecule has 32 heavy (non-hydrogen) atoms. The van der Waals surface area contributed by atoms with Crippen molar-refractivity contribution in [3.63, 3.8) is 0 Å². The summed E-state index contributed by atoms with van der Waals surface area (Å²) in [6, 6.07) is 10.6. The lowest BCUT2D eigenvalue weighted by molar-refractivity contribution is -0.126. The second-order valence-corrected chi connectivity index (χ2v) is 8.20. The topological polar surface area (TPSA) is 89.5 Å². The summed E-state index contributed by atoms with van der Waals surface area (Å²) in [6.07, 6.45) is 2.68. The number of nitrogens with one attached hydrogen (secondary N) is 1. The van der Waals surface area contributed by atoms with Gasteiger partial charge in [0.2, 0.25) is 5.91 Å².